The first-order chi connectivity index (χ1) is 9.56. The van der Waals surface area contributed by atoms with Crippen LogP contribution in [0.1, 0.15) is 18.9 Å². The Balaban J connectivity index is 1.82. The predicted octanol–water partition coefficient (Wildman–Crippen LogP) is 2.14. The van der Waals surface area contributed by atoms with Crippen LogP contribution >= 0.6 is 11.6 Å². The molecular weight excluding hydrogens is 276 g/mol. The van der Waals surface area contributed by atoms with Crippen LogP contribution in [0.2, 0.25) is 5.02 Å². The molecule has 2 N–H and O–H groups in total. The predicted molar refractivity (Wildman–Crippen MR) is 80.3 cm³/mol. The molecule has 1 amide bonds. The number of amides is 1. The molecule has 1 aliphatic heterocycles. The summed E-state index contributed by atoms with van der Waals surface area (Å²) in [7, 11) is 0. The topological polar surface area (TPSA) is 50.4 Å². The van der Waals surface area contributed by atoms with Crippen molar-refractivity contribution in [3.05, 3.63) is 28.8 Å². The van der Waals surface area contributed by atoms with Gasteiger partial charge in [0.2, 0.25) is 0 Å². The first-order valence-electron chi connectivity index (χ1n) is 6.95. The molecule has 0 radical (unpaired) electrons. The number of nitrogens with one attached hydrogen (secondary N) is 2. The summed E-state index contributed by atoms with van der Waals surface area (Å²) in [6.07, 6.45) is 1.09. The van der Waals surface area contributed by atoms with Gasteiger partial charge in [0.25, 0.3) is 5.91 Å². The number of aryl methyl sites for hydroxylation is 1. The molecule has 0 saturated carbocycles. The summed E-state index contributed by atoms with van der Waals surface area (Å²) in [6, 6.07) is 5.55. The lowest BCUT2D eigenvalue weighted by Crippen LogP contribution is -2.51. The van der Waals surface area contributed by atoms with E-state index >= 15 is 0 Å². The Labute approximate surface area is 124 Å². The van der Waals surface area contributed by atoms with E-state index < -0.39 is 0 Å². The third kappa shape index (κ3) is 4.12. The molecule has 0 spiro atoms. The standard InChI is InChI=1S/C15H21ClN2O2/c1-10-5-6-17-8-13(10)18-15(19)9-20-14-4-3-12(16)7-11(14)2/h3-4,7,10,13,17H,5-6,8-9H2,1-2H3,(H,18,19). The number of carbonyl (C=O) groups is 1. The van der Waals surface area contributed by atoms with Crippen molar-refractivity contribution in [2.45, 2.75) is 26.3 Å². The van der Waals surface area contributed by atoms with Gasteiger partial charge in [-0.25, -0.2) is 0 Å². The van der Waals surface area contributed by atoms with Crippen LogP contribution < -0.4 is 15.4 Å². The average molecular weight is 297 g/mol. The Morgan fingerprint density at radius 2 is 2.35 bits per heavy atom. The zero-order valence-electron chi connectivity index (χ0n) is 11.9. The van der Waals surface area contributed by atoms with Gasteiger partial charge in [-0.15, -0.1) is 0 Å². The largest absolute Gasteiger partial charge is 0.484 e. The van der Waals surface area contributed by atoms with Gasteiger partial charge in [0.15, 0.2) is 6.61 Å². The molecule has 1 fully saturated rings. The highest BCUT2D eigenvalue weighted by Gasteiger charge is 2.22. The maximum absolute atomic E-state index is 11.9. The van der Waals surface area contributed by atoms with E-state index in [1.165, 1.54) is 0 Å². The minimum Gasteiger partial charge on any atom is -0.484 e. The molecular formula is C15H21ClN2O2. The molecule has 4 nitrogen and oxygen atoms in total. The number of rotatable bonds is 4. The number of piperidine rings is 1. The molecule has 1 saturated heterocycles. The Morgan fingerprint density at radius 3 is 3.05 bits per heavy atom. The van der Waals surface area contributed by atoms with Gasteiger partial charge in [-0.1, -0.05) is 18.5 Å². The highest BCUT2D eigenvalue weighted by atomic mass is 35.5. The van der Waals surface area contributed by atoms with Crippen LogP contribution in [0.5, 0.6) is 5.75 Å². The lowest BCUT2D eigenvalue weighted by atomic mass is 9.95. The molecule has 0 aromatic heterocycles. The number of ether oxygens (including phenoxy) is 1. The maximum atomic E-state index is 11.9. The van der Waals surface area contributed by atoms with Crippen LogP contribution in [0.3, 0.4) is 0 Å². The van der Waals surface area contributed by atoms with E-state index in [4.69, 9.17) is 16.3 Å². The first-order valence-corrected chi connectivity index (χ1v) is 7.33. The number of carbonyl (C=O) groups excluding carboxylic acids is 1. The van der Waals surface area contributed by atoms with Crippen LogP contribution in [0.25, 0.3) is 0 Å². The second kappa shape index (κ2) is 6.95. The molecule has 20 heavy (non-hydrogen) atoms. The molecule has 2 rings (SSSR count). The molecule has 1 aromatic carbocycles. The number of hydrogen-bond donors (Lipinski definition) is 2. The minimum atomic E-state index is -0.0834. The fourth-order valence-electron chi connectivity index (χ4n) is 2.35. The quantitative estimate of drug-likeness (QED) is 0.895. The average Bonchev–Trinajstić information content (AvgIpc) is 2.40. The highest BCUT2D eigenvalue weighted by molar-refractivity contribution is 6.30. The van der Waals surface area contributed by atoms with Gasteiger partial charge in [0.1, 0.15) is 5.75 Å². The molecule has 1 aliphatic rings. The second-order valence-corrected chi connectivity index (χ2v) is 5.78. The number of benzene rings is 1. The smallest absolute Gasteiger partial charge is 0.258 e. The van der Waals surface area contributed by atoms with Crippen molar-refractivity contribution in [2.75, 3.05) is 19.7 Å². The van der Waals surface area contributed by atoms with Crippen molar-refractivity contribution >= 4 is 17.5 Å². The van der Waals surface area contributed by atoms with Crippen molar-refractivity contribution in [3.63, 3.8) is 0 Å². The van der Waals surface area contributed by atoms with Crippen molar-refractivity contribution in [1.29, 1.82) is 0 Å². The molecule has 0 bridgehead atoms. The van der Waals surface area contributed by atoms with E-state index in [0.717, 1.165) is 25.1 Å². The van der Waals surface area contributed by atoms with E-state index in [1.807, 2.05) is 13.0 Å². The Kier molecular flexibility index (Phi) is 5.26. The minimum absolute atomic E-state index is 0.0334. The van der Waals surface area contributed by atoms with Crippen LogP contribution in [-0.2, 0) is 4.79 Å². The van der Waals surface area contributed by atoms with Gasteiger partial charge >= 0.3 is 0 Å². The monoisotopic (exact) mass is 296 g/mol. The fraction of sp³-hybridized carbons (Fsp3) is 0.533. The van der Waals surface area contributed by atoms with Crippen molar-refractivity contribution in [2.24, 2.45) is 5.92 Å². The lowest BCUT2D eigenvalue weighted by Gasteiger charge is -2.30. The fourth-order valence-corrected chi connectivity index (χ4v) is 2.58. The summed E-state index contributed by atoms with van der Waals surface area (Å²) >= 11 is 5.88. The third-order valence-electron chi connectivity index (χ3n) is 3.67. The molecule has 1 heterocycles. The molecule has 1 aromatic rings. The van der Waals surface area contributed by atoms with Crippen LogP contribution in [0.15, 0.2) is 18.2 Å². The molecule has 0 aliphatic carbocycles. The molecule has 110 valence electrons. The Hall–Kier alpha value is -1.26. The number of hydrogen-bond acceptors (Lipinski definition) is 3. The summed E-state index contributed by atoms with van der Waals surface area (Å²) in [4.78, 5) is 11.9. The van der Waals surface area contributed by atoms with Gasteiger partial charge in [0, 0.05) is 17.6 Å². The molecule has 2 unspecified atom stereocenters. The Morgan fingerprint density at radius 1 is 1.55 bits per heavy atom. The third-order valence-corrected chi connectivity index (χ3v) is 3.90. The van der Waals surface area contributed by atoms with Gasteiger partial charge in [-0.2, -0.15) is 0 Å². The van der Waals surface area contributed by atoms with E-state index in [-0.39, 0.29) is 18.6 Å². The zero-order chi connectivity index (χ0) is 14.5. The van der Waals surface area contributed by atoms with Gasteiger partial charge < -0.3 is 15.4 Å². The van der Waals surface area contributed by atoms with E-state index in [0.29, 0.717) is 16.7 Å². The van der Waals surface area contributed by atoms with Gasteiger partial charge in [-0.3, -0.25) is 4.79 Å². The van der Waals surface area contributed by atoms with E-state index in [9.17, 15) is 4.79 Å². The summed E-state index contributed by atoms with van der Waals surface area (Å²) in [5.41, 5.74) is 0.929. The van der Waals surface area contributed by atoms with Crippen LogP contribution in [0, 0.1) is 12.8 Å². The summed E-state index contributed by atoms with van der Waals surface area (Å²) in [5.74, 6) is 1.11. The van der Waals surface area contributed by atoms with Gasteiger partial charge in [0.05, 0.1) is 0 Å². The Bertz CT molecular complexity index is 479. The summed E-state index contributed by atoms with van der Waals surface area (Å²) in [6.45, 7) is 5.95. The normalized spacial score (nSPS) is 22.4. The zero-order valence-corrected chi connectivity index (χ0v) is 12.7. The molecule has 2 atom stereocenters. The van der Waals surface area contributed by atoms with Crippen LogP contribution in [-0.4, -0.2) is 31.6 Å². The lowest BCUT2D eigenvalue weighted by molar-refractivity contribution is -0.124. The SMILES string of the molecule is Cc1cc(Cl)ccc1OCC(=O)NC1CNCCC1C. The van der Waals surface area contributed by atoms with Crippen LogP contribution in [0.4, 0.5) is 0 Å². The highest BCUT2D eigenvalue weighted by Crippen LogP contribution is 2.21. The molecule has 5 heteroatoms. The maximum Gasteiger partial charge on any atom is 0.258 e. The number of halogens is 1. The first kappa shape index (κ1) is 15.1. The van der Waals surface area contributed by atoms with Gasteiger partial charge in [-0.05, 0) is 49.6 Å². The summed E-state index contributed by atoms with van der Waals surface area (Å²) in [5, 5.41) is 6.97. The summed E-state index contributed by atoms with van der Waals surface area (Å²) < 4.78 is 5.54. The van der Waals surface area contributed by atoms with E-state index in [2.05, 4.69) is 17.6 Å². The second-order valence-electron chi connectivity index (χ2n) is 5.34. The van der Waals surface area contributed by atoms with Crippen molar-refractivity contribution < 1.29 is 9.53 Å². The van der Waals surface area contributed by atoms with Crippen molar-refractivity contribution in [1.82, 2.24) is 10.6 Å². The van der Waals surface area contributed by atoms with Crippen molar-refractivity contribution in [3.8, 4) is 5.75 Å². The van der Waals surface area contributed by atoms with E-state index in [1.54, 1.807) is 12.1 Å².